The van der Waals surface area contributed by atoms with Crippen LogP contribution >= 0.6 is 0 Å². The molecule has 3 atom stereocenters. The van der Waals surface area contributed by atoms with E-state index in [9.17, 15) is 14.3 Å². The fourth-order valence-corrected chi connectivity index (χ4v) is 2.24. The van der Waals surface area contributed by atoms with E-state index in [0.717, 1.165) is 11.1 Å². The van der Waals surface area contributed by atoms with Crippen LogP contribution in [0.25, 0.3) is 16.0 Å². The number of amides is 1. The van der Waals surface area contributed by atoms with Crippen molar-refractivity contribution >= 4 is 11.7 Å². The molecule has 0 radical (unpaired) electrons. The van der Waals surface area contributed by atoms with Gasteiger partial charge in [0, 0.05) is 5.56 Å². The van der Waals surface area contributed by atoms with Crippen LogP contribution in [0.3, 0.4) is 0 Å². The van der Waals surface area contributed by atoms with Gasteiger partial charge in [-0.25, -0.2) is 4.39 Å². The van der Waals surface area contributed by atoms with Gasteiger partial charge in [0.25, 0.3) is 5.82 Å². The lowest BCUT2D eigenvalue weighted by molar-refractivity contribution is -0.123. The number of carbonyl (C=O) groups is 1. The van der Waals surface area contributed by atoms with Gasteiger partial charge in [-0.05, 0) is 24.1 Å². The summed E-state index contributed by atoms with van der Waals surface area (Å²) in [4.78, 5) is 18.8. The molecule has 0 spiro atoms. The second-order valence-corrected chi connectivity index (χ2v) is 5.64. The predicted octanol–water partition coefficient (Wildman–Crippen LogP) is 2.13. The normalized spacial score (nSPS) is 14.2. The van der Waals surface area contributed by atoms with Gasteiger partial charge >= 0.3 is 0 Å². The molecule has 1 amide bonds. The molecule has 0 fully saturated rings. The van der Waals surface area contributed by atoms with Crippen LogP contribution in [0.15, 0.2) is 42.6 Å². The second-order valence-electron chi connectivity index (χ2n) is 5.64. The van der Waals surface area contributed by atoms with E-state index in [1.165, 1.54) is 6.92 Å². The lowest BCUT2D eigenvalue weighted by atomic mass is 9.99. The molecule has 0 aliphatic rings. The third-order valence-corrected chi connectivity index (χ3v) is 3.74. The van der Waals surface area contributed by atoms with E-state index in [4.69, 9.17) is 12.3 Å². The second kappa shape index (κ2) is 8.33. The zero-order valence-electron chi connectivity index (χ0n) is 13.7. The number of rotatable bonds is 6. The fraction of sp³-hybridized carbons (Fsp3) is 0.278. The Labute approximate surface area is 145 Å². The molecule has 1 heterocycles. The van der Waals surface area contributed by atoms with Crippen molar-refractivity contribution in [1.29, 1.82) is 0 Å². The third-order valence-electron chi connectivity index (χ3n) is 3.74. The Morgan fingerprint density at radius 2 is 1.96 bits per heavy atom. The lowest BCUT2D eigenvalue weighted by Gasteiger charge is -2.23. The molecular formula is C18H19FN4O2. The highest BCUT2D eigenvalue weighted by molar-refractivity contribution is 5.81. The number of carbonyl (C=O) groups excluding carboxylic acids is 1. The monoisotopic (exact) mass is 342 g/mol. The van der Waals surface area contributed by atoms with E-state index in [1.807, 2.05) is 0 Å². The summed E-state index contributed by atoms with van der Waals surface area (Å²) in [5, 5.41) is 12.7. The molecule has 130 valence electrons. The zero-order chi connectivity index (χ0) is 18.4. The number of halogens is 1. The summed E-state index contributed by atoms with van der Waals surface area (Å²) >= 11 is 0. The number of nitrogens with two attached hydrogens (primary N) is 1. The van der Waals surface area contributed by atoms with Crippen molar-refractivity contribution in [2.75, 3.05) is 6.67 Å². The van der Waals surface area contributed by atoms with Gasteiger partial charge in [0.2, 0.25) is 5.91 Å². The van der Waals surface area contributed by atoms with Crippen molar-refractivity contribution in [1.82, 2.24) is 10.3 Å². The van der Waals surface area contributed by atoms with Crippen molar-refractivity contribution in [2.45, 2.75) is 25.1 Å². The molecule has 0 aliphatic carbocycles. The van der Waals surface area contributed by atoms with Gasteiger partial charge in [-0.2, -0.15) is 0 Å². The number of aromatic nitrogens is 1. The summed E-state index contributed by atoms with van der Waals surface area (Å²) in [5.41, 5.74) is 7.58. The molecule has 7 heteroatoms. The van der Waals surface area contributed by atoms with Gasteiger partial charge in [0.05, 0.1) is 12.1 Å². The van der Waals surface area contributed by atoms with Crippen LogP contribution < -0.4 is 11.1 Å². The average molecular weight is 342 g/mol. The van der Waals surface area contributed by atoms with E-state index < -0.39 is 30.8 Å². The van der Waals surface area contributed by atoms with E-state index in [1.54, 1.807) is 42.6 Å². The molecule has 3 unspecified atom stereocenters. The van der Waals surface area contributed by atoms with E-state index in [0.29, 0.717) is 11.4 Å². The topological polar surface area (TPSA) is 92.6 Å². The van der Waals surface area contributed by atoms with Crippen LogP contribution in [0, 0.1) is 6.57 Å². The van der Waals surface area contributed by atoms with Crippen molar-refractivity contribution in [3.8, 4) is 11.1 Å². The van der Waals surface area contributed by atoms with Gasteiger partial charge in [0.15, 0.2) is 0 Å². The van der Waals surface area contributed by atoms with Crippen molar-refractivity contribution < 1.29 is 14.3 Å². The summed E-state index contributed by atoms with van der Waals surface area (Å²) in [5.74, 6) is -0.212. The smallest absolute Gasteiger partial charge is 0.269 e. The van der Waals surface area contributed by atoms with Crippen molar-refractivity contribution in [3.63, 3.8) is 0 Å². The third kappa shape index (κ3) is 4.59. The maximum absolute atomic E-state index is 13.2. The zero-order valence-corrected chi connectivity index (χ0v) is 13.7. The number of nitrogens with one attached hydrogen (secondary N) is 1. The first-order chi connectivity index (χ1) is 12.0. The first-order valence-electron chi connectivity index (χ1n) is 7.70. The highest BCUT2D eigenvalue weighted by Crippen LogP contribution is 2.24. The Bertz CT molecular complexity index is 754. The van der Waals surface area contributed by atoms with Crippen LogP contribution in [0.2, 0.25) is 0 Å². The Hall–Kier alpha value is -2.82. The number of hydrogen-bond donors (Lipinski definition) is 3. The number of benzene rings is 1. The number of alkyl halides is 1. The number of aliphatic hydroxyl groups excluding tert-OH is 1. The molecule has 2 rings (SSSR count). The predicted molar refractivity (Wildman–Crippen MR) is 92.4 cm³/mol. The van der Waals surface area contributed by atoms with Gasteiger partial charge in [-0.1, -0.05) is 36.9 Å². The molecular weight excluding hydrogens is 323 g/mol. The van der Waals surface area contributed by atoms with Crippen LogP contribution in [-0.4, -0.2) is 34.8 Å². The van der Waals surface area contributed by atoms with Gasteiger partial charge in [0.1, 0.15) is 19.0 Å². The Morgan fingerprint density at radius 3 is 2.44 bits per heavy atom. The molecule has 0 saturated carbocycles. The standard InChI is InChI=1S/C18H19FN4O2/c1-11(20)18(25)23-15(9-19)17(24)13-5-3-12(4-6-13)14-7-8-16(21-2)22-10-14/h3-8,10-11,15,17,24H,9,20H2,1H3,(H,23,25). The minimum Gasteiger partial charge on any atom is -0.386 e. The SMILES string of the molecule is [C-]#[N+]c1ccc(-c2ccc(C(O)C(CF)NC(=O)C(C)N)cc2)cn1. The highest BCUT2D eigenvalue weighted by atomic mass is 19.1. The number of pyridine rings is 1. The van der Waals surface area contributed by atoms with Crippen molar-refractivity contribution in [2.24, 2.45) is 5.73 Å². The molecule has 25 heavy (non-hydrogen) atoms. The van der Waals surface area contributed by atoms with Gasteiger partial charge in [-0.15, -0.1) is 4.98 Å². The van der Waals surface area contributed by atoms with Crippen LogP contribution in [0.5, 0.6) is 0 Å². The Morgan fingerprint density at radius 1 is 1.32 bits per heavy atom. The Kier molecular flexibility index (Phi) is 6.17. The molecule has 1 aromatic heterocycles. The molecule has 0 bridgehead atoms. The summed E-state index contributed by atoms with van der Waals surface area (Å²) in [7, 11) is 0. The van der Waals surface area contributed by atoms with E-state index in [-0.39, 0.29) is 0 Å². The van der Waals surface area contributed by atoms with Crippen LogP contribution in [-0.2, 0) is 4.79 Å². The average Bonchev–Trinajstić information content (AvgIpc) is 2.65. The first kappa shape index (κ1) is 18.5. The van der Waals surface area contributed by atoms with E-state index in [2.05, 4.69) is 15.1 Å². The lowest BCUT2D eigenvalue weighted by Crippen LogP contribution is -2.47. The van der Waals surface area contributed by atoms with Crippen LogP contribution in [0.1, 0.15) is 18.6 Å². The minimum absolute atomic E-state index is 0.312. The number of hydrogen-bond acceptors (Lipinski definition) is 4. The quantitative estimate of drug-likeness (QED) is 0.701. The minimum atomic E-state index is -1.19. The van der Waals surface area contributed by atoms with Gasteiger partial charge in [-0.3, -0.25) is 4.79 Å². The van der Waals surface area contributed by atoms with Crippen LogP contribution in [0.4, 0.5) is 10.2 Å². The molecule has 4 N–H and O–H groups in total. The highest BCUT2D eigenvalue weighted by Gasteiger charge is 2.24. The summed E-state index contributed by atoms with van der Waals surface area (Å²) in [6, 6.07) is 8.38. The molecule has 0 saturated heterocycles. The molecule has 2 aromatic rings. The summed E-state index contributed by atoms with van der Waals surface area (Å²) in [6.07, 6.45) is 0.399. The number of aliphatic hydroxyl groups is 1. The van der Waals surface area contributed by atoms with E-state index >= 15 is 0 Å². The first-order valence-corrected chi connectivity index (χ1v) is 7.70. The molecule has 6 nitrogen and oxygen atoms in total. The maximum Gasteiger partial charge on any atom is 0.269 e. The molecule has 0 aliphatic heterocycles. The maximum atomic E-state index is 13.2. The van der Waals surface area contributed by atoms with Crippen molar-refractivity contribution in [3.05, 3.63) is 59.6 Å². The summed E-state index contributed by atoms with van der Waals surface area (Å²) in [6.45, 7) is 7.47. The summed E-state index contributed by atoms with van der Waals surface area (Å²) < 4.78 is 13.2. The molecule has 1 aromatic carbocycles. The fourth-order valence-electron chi connectivity index (χ4n) is 2.24. The number of nitrogens with zero attached hydrogens (tertiary/aromatic N) is 2. The van der Waals surface area contributed by atoms with Gasteiger partial charge < -0.3 is 21.0 Å². The largest absolute Gasteiger partial charge is 0.386 e. The Balaban J connectivity index is 2.14.